The van der Waals surface area contributed by atoms with Gasteiger partial charge in [-0.05, 0) is 30.4 Å². The fraction of sp³-hybridized carbons (Fsp3) is 0.562. The van der Waals surface area contributed by atoms with Crippen LogP contribution in [-0.2, 0) is 4.74 Å². The normalized spacial score (nSPS) is 23.8. The second-order valence-corrected chi connectivity index (χ2v) is 7.04. The first-order chi connectivity index (χ1) is 10.7. The monoisotopic (exact) mass is 393 g/mol. The lowest BCUT2D eigenvalue weighted by Crippen LogP contribution is -2.59. The molecule has 24 heavy (non-hydrogen) atoms. The summed E-state index contributed by atoms with van der Waals surface area (Å²) in [5.74, 6) is 2.19. The highest BCUT2D eigenvalue weighted by Gasteiger charge is 2.40. The maximum absolute atomic E-state index is 12.4. The molecule has 1 aromatic carbocycles. The molecule has 1 atom stereocenters. The summed E-state index contributed by atoms with van der Waals surface area (Å²) in [5.41, 5.74) is 7.07. The lowest BCUT2D eigenvalue weighted by Gasteiger charge is -2.43. The van der Waals surface area contributed by atoms with E-state index in [1.807, 2.05) is 17.8 Å². The van der Waals surface area contributed by atoms with Crippen molar-refractivity contribution in [2.24, 2.45) is 0 Å². The van der Waals surface area contributed by atoms with Gasteiger partial charge in [-0.3, -0.25) is 9.69 Å². The number of nitrogens with two attached hydrogens (primary N) is 1. The third-order valence-corrected chi connectivity index (χ3v) is 5.73. The van der Waals surface area contributed by atoms with Crippen molar-refractivity contribution in [3.05, 3.63) is 29.8 Å². The number of nitrogens with zero attached hydrogens (tertiary/aromatic N) is 1. The SMILES string of the molecule is Cl.Cl.Nc1cccc(C(=O)NCC2(N3CCOCC3)CCSC2)c1. The summed E-state index contributed by atoms with van der Waals surface area (Å²) in [6.07, 6.45) is 1.12. The van der Waals surface area contributed by atoms with Gasteiger partial charge < -0.3 is 15.8 Å². The Hall–Kier alpha value is -0.660. The molecule has 8 heteroatoms. The van der Waals surface area contributed by atoms with Crippen LogP contribution in [0, 0.1) is 0 Å². The largest absolute Gasteiger partial charge is 0.399 e. The number of morpholine rings is 1. The minimum atomic E-state index is -0.0446. The van der Waals surface area contributed by atoms with Crippen LogP contribution in [0.1, 0.15) is 16.8 Å². The van der Waals surface area contributed by atoms with Crippen molar-refractivity contribution in [1.82, 2.24) is 10.2 Å². The van der Waals surface area contributed by atoms with Crippen LogP contribution in [0.5, 0.6) is 0 Å². The van der Waals surface area contributed by atoms with Crippen LogP contribution in [0.25, 0.3) is 0 Å². The predicted molar refractivity (Wildman–Crippen MR) is 105 cm³/mol. The number of carbonyl (C=O) groups excluding carboxylic acids is 1. The van der Waals surface area contributed by atoms with E-state index in [0.29, 0.717) is 17.8 Å². The molecule has 0 radical (unpaired) electrons. The van der Waals surface area contributed by atoms with E-state index in [1.165, 1.54) is 0 Å². The van der Waals surface area contributed by atoms with E-state index in [0.717, 1.165) is 44.2 Å². The first-order valence-corrected chi connectivity index (χ1v) is 8.89. The first-order valence-electron chi connectivity index (χ1n) is 7.74. The zero-order valence-electron chi connectivity index (χ0n) is 13.5. The lowest BCUT2D eigenvalue weighted by atomic mass is 9.95. The van der Waals surface area contributed by atoms with Gasteiger partial charge >= 0.3 is 0 Å². The molecule has 2 heterocycles. The Morgan fingerprint density at radius 1 is 1.33 bits per heavy atom. The minimum Gasteiger partial charge on any atom is -0.399 e. The second kappa shape index (κ2) is 9.73. The Labute approximate surface area is 159 Å². The maximum atomic E-state index is 12.4. The summed E-state index contributed by atoms with van der Waals surface area (Å²) in [6.45, 7) is 4.17. The molecule has 0 spiro atoms. The van der Waals surface area contributed by atoms with E-state index in [9.17, 15) is 4.79 Å². The molecule has 1 amide bonds. The molecule has 5 nitrogen and oxygen atoms in total. The summed E-state index contributed by atoms with van der Waals surface area (Å²) < 4.78 is 5.46. The molecule has 0 saturated carbocycles. The summed E-state index contributed by atoms with van der Waals surface area (Å²) in [6, 6.07) is 7.13. The smallest absolute Gasteiger partial charge is 0.251 e. The summed E-state index contributed by atoms with van der Waals surface area (Å²) >= 11 is 1.97. The van der Waals surface area contributed by atoms with Gasteiger partial charge in [-0.1, -0.05) is 6.07 Å². The number of nitrogen functional groups attached to an aromatic ring is 1. The number of amides is 1. The van der Waals surface area contributed by atoms with Crippen molar-refractivity contribution < 1.29 is 9.53 Å². The molecule has 3 N–H and O–H groups in total. The molecule has 0 aliphatic carbocycles. The number of thioether (sulfide) groups is 1. The van der Waals surface area contributed by atoms with Gasteiger partial charge in [-0.15, -0.1) is 24.8 Å². The van der Waals surface area contributed by atoms with E-state index >= 15 is 0 Å². The lowest BCUT2D eigenvalue weighted by molar-refractivity contribution is -0.0129. The molecular formula is C16H25Cl2N3O2S. The average Bonchev–Trinajstić information content (AvgIpc) is 3.04. The quantitative estimate of drug-likeness (QED) is 0.766. The van der Waals surface area contributed by atoms with Gasteiger partial charge in [-0.2, -0.15) is 11.8 Å². The Kier molecular flexibility index (Phi) is 8.67. The number of halogens is 2. The van der Waals surface area contributed by atoms with Crippen molar-refractivity contribution in [2.45, 2.75) is 12.0 Å². The van der Waals surface area contributed by atoms with Crippen molar-refractivity contribution in [3.63, 3.8) is 0 Å². The van der Waals surface area contributed by atoms with Crippen LogP contribution in [0.15, 0.2) is 24.3 Å². The fourth-order valence-corrected chi connectivity index (χ4v) is 4.64. The van der Waals surface area contributed by atoms with Gasteiger partial charge in [0.15, 0.2) is 0 Å². The number of hydrogen-bond acceptors (Lipinski definition) is 5. The van der Waals surface area contributed by atoms with E-state index < -0.39 is 0 Å². The van der Waals surface area contributed by atoms with Gasteiger partial charge in [-0.25, -0.2) is 0 Å². The molecule has 0 aromatic heterocycles. The fourth-order valence-electron chi connectivity index (χ4n) is 3.16. The number of nitrogens with one attached hydrogen (secondary N) is 1. The summed E-state index contributed by atoms with van der Waals surface area (Å²) in [7, 11) is 0. The number of ether oxygens (including phenoxy) is 1. The minimum absolute atomic E-state index is 0. The van der Waals surface area contributed by atoms with Crippen LogP contribution < -0.4 is 11.1 Å². The summed E-state index contributed by atoms with van der Waals surface area (Å²) in [5, 5.41) is 3.12. The number of rotatable bonds is 4. The third kappa shape index (κ3) is 4.92. The standard InChI is InChI=1S/C16H23N3O2S.2ClH/c17-14-3-1-2-13(10-14)15(20)18-11-16(4-9-22-12-16)19-5-7-21-8-6-19;;/h1-3,10H,4-9,11-12,17H2,(H,18,20);2*1H. The Morgan fingerprint density at radius 3 is 2.71 bits per heavy atom. The highest BCUT2D eigenvalue weighted by atomic mass is 35.5. The van der Waals surface area contributed by atoms with E-state index in [-0.39, 0.29) is 36.3 Å². The summed E-state index contributed by atoms with van der Waals surface area (Å²) in [4.78, 5) is 14.9. The van der Waals surface area contributed by atoms with E-state index in [4.69, 9.17) is 10.5 Å². The molecule has 0 bridgehead atoms. The molecule has 136 valence electrons. The highest BCUT2D eigenvalue weighted by molar-refractivity contribution is 7.99. The number of anilines is 1. The van der Waals surface area contributed by atoms with Crippen molar-refractivity contribution in [2.75, 3.05) is 50.1 Å². The molecular weight excluding hydrogens is 369 g/mol. The predicted octanol–water partition coefficient (Wildman–Crippen LogP) is 2.05. The van der Waals surface area contributed by atoms with Crippen LogP contribution in [0.3, 0.4) is 0 Å². The Balaban J connectivity index is 0.00000144. The molecule has 1 aromatic rings. The first kappa shape index (κ1) is 21.4. The molecule has 1 unspecified atom stereocenters. The van der Waals surface area contributed by atoms with Gasteiger partial charge in [0.05, 0.1) is 13.2 Å². The molecule has 2 aliphatic rings. The Morgan fingerprint density at radius 2 is 2.08 bits per heavy atom. The van der Waals surface area contributed by atoms with Crippen molar-refractivity contribution in [3.8, 4) is 0 Å². The van der Waals surface area contributed by atoms with Gasteiger partial charge in [0, 0.05) is 42.2 Å². The van der Waals surface area contributed by atoms with E-state index in [1.54, 1.807) is 18.2 Å². The van der Waals surface area contributed by atoms with E-state index in [2.05, 4.69) is 10.2 Å². The van der Waals surface area contributed by atoms with Crippen LogP contribution >= 0.6 is 36.6 Å². The van der Waals surface area contributed by atoms with Gasteiger partial charge in [0.1, 0.15) is 0 Å². The van der Waals surface area contributed by atoms with Gasteiger partial charge in [0.25, 0.3) is 5.91 Å². The number of benzene rings is 1. The second-order valence-electron chi connectivity index (χ2n) is 5.93. The number of hydrogen-bond donors (Lipinski definition) is 2. The molecule has 2 fully saturated rings. The van der Waals surface area contributed by atoms with Crippen molar-refractivity contribution >= 4 is 48.2 Å². The van der Waals surface area contributed by atoms with Crippen molar-refractivity contribution in [1.29, 1.82) is 0 Å². The Bertz CT molecular complexity index is 536. The average molecular weight is 394 g/mol. The topological polar surface area (TPSA) is 67.6 Å². The van der Waals surface area contributed by atoms with Gasteiger partial charge in [0.2, 0.25) is 0 Å². The molecule has 2 aliphatic heterocycles. The zero-order valence-corrected chi connectivity index (χ0v) is 16.0. The van der Waals surface area contributed by atoms with Crippen LogP contribution in [-0.4, -0.2) is 60.7 Å². The molecule has 2 saturated heterocycles. The van der Waals surface area contributed by atoms with Crippen LogP contribution in [0.4, 0.5) is 5.69 Å². The third-order valence-electron chi connectivity index (χ3n) is 4.49. The molecule has 3 rings (SSSR count). The van der Waals surface area contributed by atoms with Crippen LogP contribution in [0.2, 0.25) is 0 Å². The highest BCUT2D eigenvalue weighted by Crippen LogP contribution is 2.33. The zero-order chi connectivity index (χ0) is 15.4. The maximum Gasteiger partial charge on any atom is 0.251 e. The number of carbonyl (C=O) groups is 1.